The molecule has 1 aliphatic rings. The number of rotatable bonds is 3. The summed E-state index contributed by atoms with van der Waals surface area (Å²) < 4.78 is 0. The molecule has 4 nitrogen and oxygen atoms in total. The molecule has 0 aromatic carbocycles. The minimum absolute atomic E-state index is 0.498. The molecule has 0 aromatic rings. The van der Waals surface area contributed by atoms with Crippen LogP contribution < -0.4 is 5.73 Å². The highest BCUT2D eigenvalue weighted by atomic mass is 16.4. The Kier molecular flexibility index (Phi) is 2.81. The molecule has 1 rings (SSSR count). The van der Waals surface area contributed by atoms with Crippen LogP contribution in [0.1, 0.15) is 12.8 Å². The topological polar surface area (TPSA) is 78.8 Å². The third kappa shape index (κ3) is 2.46. The van der Waals surface area contributed by atoms with Gasteiger partial charge < -0.3 is 15.8 Å². The van der Waals surface area contributed by atoms with Gasteiger partial charge in [0.2, 0.25) is 0 Å². The molecule has 11 heavy (non-hydrogen) atoms. The molecule has 0 spiro atoms. The summed E-state index contributed by atoms with van der Waals surface area (Å²) in [6.45, 7) is 0. The summed E-state index contributed by atoms with van der Waals surface area (Å²) in [4.78, 5) is 3.87. The van der Waals surface area contributed by atoms with Crippen molar-refractivity contribution in [3.63, 3.8) is 0 Å². The maximum Gasteiger partial charge on any atom is 0.469 e. The van der Waals surface area contributed by atoms with E-state index in [-0.39, 0.29) is 0 Å². The molecule has 0 saturated carbocycles. The standard InChI is InChI=1S/C6H11BN2O2/c8-6(7(10)11)3-5-1-2-9-4-5/h2,4,6,10-11H,1,3,8H2/t6-/m0/s1. The quantitative estimate of drug-likeness (QED) is 0.459. The zero-order valence-electron chi connectivity index (χ0n) is 6.14. The average Bonchev–Trinajstić information content (AvgIpc) is 2.39. The molecule has 1 heterocycles. The Labute approximate surface area is 65.6 Å². The Hall–Kier alpha value is -0.645. The van der Waals surface area contributed by atoms with E-state index in [1.54, 1.807) is 12.4 Å². The highest BCUT2D eigenvalue weighted by Crippen LogP contribution is 2.12. The van der Waals surface area contributed by atoms with Crippen LogP contribution >= 0.6 is 0 Å². The third-order valence-corrected chi connectivity index (χ3v) is 1.60. The molecule has 0 aromatic heterocycles. The maximum atomic E-state index is 8.64. The Bertz CT molecular complexity index is 191. The van der Waals surface area contributed by atoms with Crippen LogP contribution in [0.15, 0.2) is 16.8 Å². The van der Waals surface area contributed by atoms with Crippen molar-refractivity contribution in [3.05, 3.63) is 11.8 Å². The van der Waals surface area contributed by atoms with Crippen LogP contribution in [0.3, 0.4) is 0 Å². The predicted molar refractivity (Wildman–Crippen MR) is 44.0 cm³/mol. The molecule has 0 bridgehead atoms. The van der Waals surface area contributed by atoms with Crippen molar-refractivity contribution in [1.29, 1.82) is 0 Å². The lowest BCUT2D eigenvalue weighted by atomic mass is 9.76. The highest BCUT2D eigenvalue weighted by molar-refractivity contribution is 6.43. The summed E-state index contributed by atoms with van der Waals surface area (Å²) >= 11 is 0. The van der Waals surface area contributed by atoms with Crippen molar-refractivity contribution in [3.8, 4) is 0 Å². The van der Waals surface area contributed by atoms with Crippen LogP contribution in [0.2, 0.25) is 0 Å². The summed E-state index contributed by atoms with van der Waals surface area (Å²) in [6, 6.07) is 0. The molecule has 0 unspecified atom stereocenters. The second-order valence-electron chi connectivity index (χ2n) is 2.60. The predicted octanol–water partition coefficient (Wildman–Crippen LogP) is -0.926. The number of hydrogen-bond donors (Lipinski definition) is 3. The van der Waals surface area contributed by atoms with Gasteiger partial charge in [0, 0.05) is 24.8 Å². The molecular formula is C6H11BN2O2. The minimum Gasteiger partial charge on any atom is -0.426 e. The molecule has 4 N–H and O–H groups in total. The van der Waals surface area contributed by atoms with E-state index in [9.17, 15) is 0 Å². The molecule has 0 fully saturated rings. The Balaban J connectivity index is 2.31. The van der Waals surface area contributed by atoms with Crippen molar-refractivity contribution >= 4 is 13.3 Å². The van der Waals surface area contributed by atoms with E-state index < -0.39 is 13.1 Å². The van der Waals surface area contributed by atoms with E-state index in [4.69, 9.17) is 15.8 Å². The van der Waals surface area contributed by atoms with Crippen LogP contribution in [-0.2, 0) is 0 Å². The first-order chi connectivity index (χ1) is 5.20. The van der Waals surface area contributed by atoms with Crippen LogP contribution in [0.4, 0.5) is 0 Å². The van der Waals surface area contributed by atoms with Gasteiger partial charge in [-0.2, -0.15) is 0 Å². The lowest BCUT2D eigenvalue weighted by Crippen LogP contribution is -2.39. The van der Waals surface area contributed by atoms with Gasteiger partial charge in [0.1, 0.15) is 0 Å². The van der Waals surface area contributed by atoms with Crippen molar-refractivity contribution in [2.75, 3.05) is 0 Å². The Morgan fingerprint density at radius 1 is 1.73 bits per heavy atom. The first-order valence-electron chi connectivity index (χ1n) is 3.51. The van der Waals surface area contributed by atoms with Crippen molar-refractivity contribution in [1.82, 2.24) is 0 Å². The van der Waals surface area contributed by atoms with Crippen LogP contribution in [0.5, 0.6) is 0 Å². The van der Waals surface area contributed by atoms with Gasteiger partial charge in [-0.05, 0) is 12.0 Å². The smallest absolute Gasteiger partial charge is 0.426 e. The van der Waals surface area contributed by atoms with Crippen molar-refractivity contribution in [2.45, 2.75) is 18.8 Å². The van der Waals surface area contributed by atoms with Crippen LogP contribution in [-0.4, -0.2) is 29.3 Å². The van der Waals surface area contributed by atoms with Gasteiger partial charge in [0.25, 0.3) is 0 Å². The molecule has 60 valence electrons. The summed E-state index contributed by atoms with van der Waals surface area (Å²) in [5.74, 6) is -0.594. The van der Waals surface area contributed by atoms with E-state index in [0.717, 1.165) is 12.0 Å². The highest BCUT2D eigenvalue weighted by Gasteiger charge is 2.20. The SMILES string of the molecule is N[C@@H](CC1=CN=CC1)B(O)O. The molecule has 0 amide bonds. The van der Waals surface area contributed by atoms with Gasteiger partial charge in [0.15, 0.2) is 0 Å². The molecule has 0 saturated heterocycles. The molecule has 5 heteroatoms. The zero-order chi connectivity index (χ0) is 8.27. The normalized spacial score (nSPS) is 18.3. The fourth-order valence-corrected chi connectivity index (χ4v) is 0.925. The number of nitrogens with two attached hydrogens (primary N) is 1. The van der Waals surface area contributed by atoms with E-state index in [1.165, 1.54) is 0 Å². The van der Waals surface area contributed by atoms with Gasteiger partial charge in [-0.1, -0.05) is 0 Å². The van der Waals surface area contributed by atoms with Gasteiger partial charge >= 0.3 is 7.12 Å². The molecule has 1 aliphatic heterocycles. The molecular weight excluding hydrogens is 143 g/mol. The van der Waals surface area contributed by atoms with Gasteiger partial charge in [-0.25, -0.2) is 0 Å². The zero-order valence-corrected chi connectivity index (χ0v) is 6.14. The lowest BCUT2D eigenvalue weighted by molar-refractivity contribution is 0.386. The lowest BCUT2D eigenvalue weighted by Gasteiger charge is -2.09. The van der Waals surface area contributed by atoms with Gasteiger partial charge in [0.05, 0.1) is 0 Å². The van der Waals surface area contributed by atoms with E-state index in [2.05, 4.69) is 4.99 Å². The van der Waals surface area contributed by atoms with Gasteiger partial charge in [-0.15, -0.1) is 0 Å². The fourth-order valence-electron chi connectivity index (χ4n) is 0.925. The number of nitrogens with zero attached hydrogens (tertiary/aromatic N) is 1. The summed E-state index contributed by atoms with van der Waals surface area (Å²) in [5, 5.41) is 17.3. The first kappa shape index (κ1) is 8.45. The molecule has 0 radical (unpaired) electrons. The first-order valence-corrected chi connectivity index (χ1v) is 3.51. The van der Waals surface area contributed by atoms with Crippen molar-refractivity contribution < 1.29 is 10.0 Å². The summed E-state index contributed by atoms with van der Waals surface area (Å²) in [7, 11) is -1.43. The average molecular weight is 154 g/mol. The second-order valence-corrected chi connectivity index (χ2v) is 2.60. The number of hydrogen-bond acceptors (Lipinski definition) is 4. The van der Waals surface area contributed by atoms with Crippen LogP contribution in [0.25, 0.3) is 0 Å². The van der Waals surface area contributed by atoms with E-state index in [0.29, 0.717) is 6.42 Å². The summed E-state index contributed by atoms with van der Waals surface area (Å²) in [5.41, 5.74) is 6.45. The molecule has 1 atom stereocenters. The fraction of sp³-hybridized carbons (Fsp3) is 0.500. The van der Waals surface area contributed by atoms with Gasteiger partial charge in [-0.3, -0.25) is 4.99 Å². The van der Waals surface area contributed by atoms with E-state index in [1.807, 2.05) is 0 Å². The second kappa shape index (κ2) is 3.66. The maximum absolute atomic E-state index is 8.64. The van der Waals surface area contributed by atoms with Crippen LogP contribution in [0, 0.1) is 0 Å². The summed E-state index contributed by atoms with van der Waals surface area (Å²) in [6.07, 6.45) is 4.76. The minimum atomic E-state index is -1.43. The number of aliphatic imine (C=N–C) groups is 1. The Morgan fingerprint density at radius 3 is 2.91 bits per heavy atom. The Morgan fingerprint density at radius 2 is 2.45 bits per heavy atom. The van der Waals surface area contributed by atoms with E-state index >= 15 is 0 Å². The largest absolute Gasteiger partial charge is 0.469 e. The monoisotopic (exact) mass is 154 g/mol. The van der Waals surface area contributed by atoms with Crippen molar-refractivity contribution in [2.24, 2.45) is 10.7 Å². The third-order valence-electron chi connectivity index (χ3n) is 1.60. The molecule has 0 aliphatic carbocycles.